The maximum absolute atomic E-state index is 10.4. The van der Waals surface area contributed by atoms with E-state index >= 15 is 0 Å². The summed E-state index contributed by atoms with van der Waals surface area (Å²) in [5, 5.41) is 13.9. The van der Waals surface area contributed by atoms with Crippen molar-refractivity contribution in [1.29, 1.82) is 0 Å². The van der Waals surface area contributed by atoms with E-state index in [0.717, 1.165) is 31.2 Å². The van der Waals surface area contributed by atoms with E-state index in [1.807, 2.05) is 6.92 Å². The third-order valence-corrected chi connectivity index (χ3v) is 3.82. The van der Waals surface area contributed by atoms with Crippen molar-refractivity contribution in [2.24, 2.45) is 11.8 Å². The largest absolute Gasteiger partial charge is 0.389 e. The van der Waals surface area contributed by atoms with Gasteiger partial charge in [0.2, 0.25) is 0 Å². The van der Waals surface area contributed by atoms with Crippen LogP contribution in [0.5, 0.6) is 0 Å². The van der Waals surface area contributed by atoms with Crippen LogP contribution in [-0.4, -0.2) is 23.3 Å². The molecule has 0 aromatic rings. The van der Waals surface area contributed by atoms with Gasteiger partial charge in [-0.05, 0) is 44.6 Å². The molecule has 1 aliphatic heterocycles. The Labute approximate surface area is 87.1 Å². The summed E-state index contributed by atoms with van der Waals surface area (Å²) in [5.74, 6) is 1.58. The van der Waals surface area contributed by atoms with Crippen molar-refractivity contribution >= 4 is 0 Å². The second-order valence-corrected chi connectivity index (χ2v) is 5.64. The standard InChI is InChI=1S/C12H23NO/c1-9-5-6-13-11(7-9)12(2,14)8-10-3-4-10/h9-11,13-14H,3-8H2,1-2H3. The minimum absolute atomic E-state index is 0.326. The highest BCUT2D eigenvalue weighted by Gasteiger charge is 2.39. The Balaban J connectivity index is 1.89. The summed E-state index contributed by atoms with van der Waals surface area (Å²) in [6, 6.07) is 0.326. The minimum atomic E-state index is -0.476. The number of piperidine rings is 1. The number of nitrogens with one attached hydrogen (secondary N) is 1. The van der Waals surface area contributed by atoms with Crippen molar-refractivity contribution < 1.29 is 5.11 Å². The third kappa shape index (κ3) is 2.48. The van der Waals surface area contributed by atoms with Gasteiger partial charge < -0.3 is 10.4 Å². The molecule has 0 aromatic heterocycles. The molecule has 0 spiro atoms. The molecule has 1 saturated carbocycles. The van der Waals surface area contributed by atoms with Crippen molar-refractivity contribution in [3.05, 3.63) is 0 Å². The molecule has 0 aromatic carbocycles. The highest BCUT2D eigenvalue weighted by atomic mass is 16.3. The smallest absolute Gasteiger partial charge is 0.0774 e. The molecule has 3 atom stereocenters. The molecular formula is C12H23NO. The predicted molar refractivity (Wildman–Crippen MR) is 58.2 cm³/mol. The first kappa shape index (κ1) is 10.4. The van der Waals surface area contributed by atoms with Gasteiger partial charge in [0.15, 0.2) is 0 Å². The van der Waals surface area contributed by atoms with E-state index in [1.165, 1.54) is 19.3 Å². The molecule has 82 valence electrons. The Morgan fingerprint density at radius 1 is 1.36 bits per heavy atom. The van der Waals surface area contributed by atoms with Gasteiger partial charge in [0.25, 0.3) is 0 Å². The molecule has 1 heterocycles. The zero-order valence-corrected chi connectivity index (χ0v) is 9.42. The fraction of sp³-hybridized carbons (Fsp3) is 1.00. The molecule has 2 N–H and O–H groups in total. The van der Waals surface area contributed by atoms with Crippen molar-refractivity contribution in [2.75, 3.05) is 6.54 Å². The first-order valence-corrected chi connectivity index (χ1v) is 6.03. The fourth-order valence-electron chi connectivity index (χ4n) is 2.63. The Hall–Kier alpha value is -0.0800. The van der Waals surface area contributed by atoms with Gasteiger partial charge in [-0.2, -0.15) is 0 Å². The Morgan fingerprint density at radius 2 is 2.07 bits per heavy atom. The molecule has 1 aliphatic carbocycles. The number of aliphatic hydroxyl groups is 1. The van der Waals surface area contributed by atoms with Gasteiger partial charge >= 0.3 is 0 Å². The van der Waals surface area contributed by atoms with Crippen LogP contribution in [0.1, 0.15) is 46.0 Å². The molecule has 0 bridgehead atoms. The van der Waals surface area contributed by atoms with Crippen LogP contribution in [0.3, 0.4) is 0 Å². The summed E-state index contributed by atoms with van der Waals surface area (Å²) >= 11 is 0. The predicted octanol–water partition coefficient (Wildman–Crippen LogP) is 1.93. The molecule has 14 heavy (non-hydrogen) atoms. The van der Waals surface area contributed by atoms with Gasteiger partial charge in [-0.1, -0.05) is 19.8 Å². The lowest BCUT2D eigenvalue weighted by Crippen LogP contribution is -2.52. The van der Waals surface area contributed by atoms with Crippen LogP contribution in [0, 0.1) is 11.8 Å². The quantitative estimate of drug-likeness (QED) is 0.724. The SMILES string of the molecule is CC1CCNC(C(C)(O)CC2CC2)C1. The molecule has 2 fully saturated rings. The summed E-state index contributed by atoms with van der Waals surface area (Å²) in [4.78, 5) is 0. The number of hydrogen-bond acceptors (Lipinski definition) is 2. The maximum atomic E-state index is 10.4. The van der Waals surface area contributed by atoms with Gasteiger partial charge in [0.1, 0.15) is 0 Å². The molecule has 2 heteroatoms. The van der Waals surface area contributed by atoms with Crippen LogP contribution in [0.15, 0.2) is 0 Å². The van der Waals surface area contributed by atoms with E-state index in [-0.39, 0.29) is 0 Å². The molecule has 0 amide bonds. The van der Waals surface area contributed by atoms with E-state index < -0.39 is 5.60 Å². The third-order valence-electron chi connectivity index (χ3n) is 3.82. The second-order valence-electron chi connectivity index (χ2n) is 5.64. The Kier molecular flexibility index (Phi) is 2.85. The molecular weight excluding hydrogens is 174 g/mol. The lowest BCUT2D eigenvalue weighted by Gasteiger charge is -2.38. The van der Waals surface area contributed by atoms with E-state index in [4.69, 9.17) is 0 Å². The normalized spacial score (nSPS) is 37.9. The van der Waals surface area contributed by atoms with Crippen LogP contribution in [0.2, 0.25) is 0 Å². The van der Waals surface area contributed by atoms with E-state index in [2.05, 4.69) is 12.2 Å². The zero-order valence-electron chi connectivity index (χ0n) is 9.42. The molecule has 2 aliphatic rings. The zero-order chi connectivity index (χ0) is 10.2. The second kappa shape index (κ2) is 3.82. The van der Waals surface area contributed by atoms with Crippen LogP contribution in [-0.2, 0) is 0 Å². The summed E-state index contributed by atoms with van der Waals surface area (Å²) < 4.78 is 0. The average molecular weight is 197 g/mol. The molecule has 0 radical (unpaired) electrons. The van der Waals surface area contributed by atoms with Crippen LogP contribution in [0.4, 0.5) is 0 Å². The van der Waals surface area contributed by atoms with Crippen LogP contribution >= 0.6 is 0 Å². The molecule has 1 saturated heterocycles. The van der Waals surface area contributed by atoms with Crippen LogP contribution in [0.25, 0.3) is 0 Å². The fourth-order valence-corrected chi connectivity index (χ4v) is 2.63. The summed E-state index contributed by atoms with van der Waals surface area (Å²) in [5.41, 5.74) is -0.476. The van der Waals surface area contributed by atoms with E-state index in [1.54, 1.807) is 0 Å². The first-order chi connectivity index (χ1) is 6.58. The minimum Gasteiger partial charge on any atom is -0.389 e. The molecule has 2 nitrogen and oxygen atoms in total. The van der Waals surface area contributed by atoms with Gasteiger partial charge in [0.05, 0.1) is 5.60 Å². The summed E-state index contributed by atoms with van der Waals surface area (Å²) in [6.07, 6.45) is 6.06. The topological polar surface area (TPSA) is 32.3 Å². The van der Waals surface area contributed by atoms with Gasteiger partial charge in [0, 0.05) is 6.04 Å². The van der Waals surface area contributed by atoms with Crippen molar-refractivity contribution in [3.63, 3.8) is 0 Å². The van der Waals surface area contributed by atoms with Crippen LogP contribution < -0.4 is 5.32 Å². The number of hydrogen-bond donors (Lipinski definition) is 2. The Bertz CT molecular complexity index is 198. The average Bonchev–Trinajstić information content (AvgIpc) is 2.87. The van der Waals surface area contributed by atoms with Gasteiger partial charge in [-0.3, -0.25) is 0 Å². The Morgan fingerprint density at radius 3 is 2.64 bits per heavy atom. The first-order valence-electron chi connectivity index (χ1n) is 6.03. The number of rotatable bonds is 3. The van der Waals surface area contributed by atoms with Crippen molar-refractivity contribution in [3.8, 4) is 0 Å². The monoisotopic (exact) mass is 197 g/mol. The summed E-state index contributed by atoms with van der Waals surface area (Å²) in [6.45, 7) is 5.38. The van der Waals surface area contributed by atoms with Gasteiger partial charge in [-0.25, -0.2) is 0 Å². The van der Waals surface area contributed by atoms with Crippen molar-refractivity contribution in [2.45, 2.75) is 57.6 Å². The lowest BCUT2D eigenvalue weighted by atomic mass is 9.82. The highest BCUT2D eigenvalue weighted by Crippen LogP contribution is 2.39. The molecule has 2 rings (SSSR count). The van der Waals surface area contributed by atoms with Crippen molar-refractivity contribution in [1.82, 2.24) is 5.32 Å². The lowest BCUT2D eigenvalue weighted by molar-refractivity contribution is -0.00877. The summed E-state index contributed by atoms with van der Waals surface area (Å²) in [7, 11) is 0. The highest BCUT2D eigenvalue weighted by molar-refractivity contribution is 4.95. The van der Waals surface area contributed by atoms with Gasteiger partial charge in [-0.15, -0.1) is 0 Å². The maximum Gasteiger partial charge on any atom is 0.0774 e. The van der Waals surface area contributed by atoms with E-state index in [0.29, 0.717) is 6.04 Å². The van der Waals surface area contributed by atoms with E-state index in [9.17, 15) is 5.11 Å². The molecule has 3 unspecified atom stereocenters.